The molecule has 0 spiro atoms. The fourth-order valence-electron chi connectivity index (χ4n) is 6.61. The van der Waals surface area contributed by atoms with E-state index in [1.165, 1.54) is 127 Å². The number of hydrogen-bond donors (Lipinski definition) is 0. The summed E-state index contributed by atoms with van der Waals surface area (Å²) in [6.07, 6.45) is 10.1. The number of unbranched alkanes of at least 4 members (excludes halogenated alkanes) is 4. The summed E-state index contributed by atoms with van der Waals surface area (Å²) in [5, 5.41) is 3.63. The van der Waals surface area contributed by atoms with Crippen LogP contribution >= 0.6 is 11.6 Å². The third-order valence-corrected chi connectivity index (χ3v) is 17.1. The number of rotatable bonds is 13. The van der Waals surface area contributed by atoms with Crippen molar-refractivity contribution in [3.63, 3.8) is 0 Å². The second-order valence-corrected chi connectivity index (χ2v) is 24.5. The van der Waals surface area contributed by atoms with Crippen molar-refractivity contribution in [2.24, 2.45) is 0 Å². The third-order valence-electron chi connectivity index (χ3n) is 9.80. The summed E-state index contributed by atoms with van der Waals surface area (Å²) < 4.78 is 38.0. The highest BCUT2D eigenvalue weighted by molar-refractivity contribution is 6.90. The number of piperidine rings is 1. The number of likely N-dealkylation sites (tertiary alicyclic amines) is 1. The summed E-state index contributed by atoms with van der Waals surface area (Å²) in [5.41, 5.74) is 0.732. The lowest BCUT2D eigenvalue weighted by Crippen LogP contribution is -2.41. The van der Waals surface area contributed by atoms with E-state index in [0.717, 1.165) is 16.3 Å². The van der Waals surface area contributed by atoms with Gasteiger partial charge in [-0.3, -0.25) is 0 Å². The van der Waals surface area contributed by atoms with Crippen molar-refractivity contribution in [2.45, 2.75) is 122 Å². The van der Waals surface area contributed by atoms with E-state index in [4.69, 9.17) is 11.6 Å². The van der Waals surface area contributed by atoms with Gasteiger partial charge in [-0.25, -0.2) is 0 Å². The van der Waals surface area contributed by atoms with Crippen LogP contribution in [0.4, 0.5) is 18.9 Å². The molecule has 2 nitrogen and oxygen atoms in total. The minimum atomic E-state index is -4.24. The van der Waals surface area contributed by atoms with E-state index in [1.807, 2.05) is 0 Å². The van der Waals surface area contributed by atoms with Gasteiger partial charge in [0.2, 0.25) is 0 Å². The number of alkyl halides is 3. The van der Waals surface area contributed by atoms with Gasteiger partial charge in [-0.05, 0) is 63.9 Å². The van der Waals surface area contributed by atoms with E-state index >= 15 is 0 Å². The zero-order valence-electron chi connectivity index (χ0n) is 28.2. The average molecular weight is 667 g/mol. The van der Waals surface area contributed by atoms with E-state index in [1.54, 1.807) is 17.3 Å². The Bertz CT molecular complexity index is 1110. The lowest BCUT2D eigenvalue weighted by atomic mass is 10.1. The smallest absolute Gasteiger partial charge is 0.370 e. The number of hydrogen-bond acceptors (Lipinski definition) is 2. The van der Waals surface area contributed by atoms with Crippen LogP contribution in [-0.2, 0) is 6.18 Å². The molecule has 0 radical (unpaired) electrons. The van der Waals surface area contributed by atoms with Crippen LogP contribution < -0.4 is 15.3 Å². The molecule has 8 heteroatoms. The summed E-state index contributed by atoms with van der Waals surface area (Å²) >= 11 is 6.43. The van der Waals surface area contributed by atoms with Gasteiger partial charge in [0.25, 0.3) is 0 Å². The summed E-state index contributed by atoms with van der Waals surface area (Å²) in [6.45, 7) is 17.9. The van der Waals surface area contributed by atoms with Crippen LogP contribution in [0.1, 0.15) is 83.1 Å². The highest BCUT2D eigenvalue weighted by Gasteiger charge is 2.31. The van der Waals surface area contributed by atoms with Crippen LogP contribution in [0.2, 0.25) is 43.3 Å². The number of nitrogens with zero attached hydrogens (tertiary/aromatic N) is 2. The highest BCUT2D eigenvalue weighted by atomic mass is 35.5. The SMILES string of the molecule is CCCCC[Si](C)(C)c1ccc(Cl)c(N2CCCC2)c1.C[Si](C)(CCCCCN1CCCCC1)c1ccc(C(F)(F)F)cc1. The Hall–Kier alpha value is -1.29. The minimum Gasteiger partial charge on any atom is -0.370 e. The lowest BCUT2D eigenvalue weighted by Gasteiger charge is -2.27. The zero-order chi connectivity index (χ0) is 32.2. The maximum atomic E-state index is 12.7. The zero-order valence-corrected chi connectivity index (χ0v) is 30.9. The number of benzene rings is 2. The average Bonchev–Trinajstić information content (AvgIpc) is 3.53. The molecule has 248 valence electrons. The standard InChI is InChI=1S/C19H30F3NSi.C17H28ClNSi/c1-24(2,18-11-9-17(10-12-18)19(20,21)22)16-8-4-7-15-23-13-5-3-6-14-23;1-4-5-8-13-20(2,3)15-9-10-16(18)17(14-15)19-11-6-7-12-19/h9-12H,3-8,13-16H2,1-2H3;9-10,14H,4-8,11-13H2,1-3H3. The third kappa shape index (κ3) is 11.8. The molecule has 0 saturated carbocycles. The maximum Gasteiger partial charge on any atom is 0.416 e. The second-order valence-electron chi connectivity index (χ2n) is 14.4. The molecule has 2 aliphatic rings. The number of anilines is 1. The van der Waals surface area contributed by atoms with E-state index in [0.29, 0.717) is 0 Å². The summed E-state index contributed by atoms with van der Waals surface area (Å²) in [4.78, 5) is 5.03. The van der Waals surface area contributed by atoms with Gasteiger partial charge in [-0.15, -0.1) is 0 Å². The van der Waals surface area contributed by atoms with Crippen LogP contribution in [0, 0.1) is 0 Å². The normalized spacial score (nSPS) is 16.6. The fourth-order valence-corrected chi connectivity index (χ4v) is 11.8. The Morgan fingerprint density at radius 2 is 1.23 bits per heavy atom. The Morgan fingerprint density at radius 1 is 0.682 bits per heavy atom. The molecule has 0 bridgehead atoms. The van der Waals surface area contributed by atoms with Crippen LogP contribution in [0.5, 0.6) is 0 Å². The summed E-state index contributed by atoms with van der Waals surface area (Å²) in [7, 11) is -2.94. The molecule has 4 rings (SSSR count). The van der Waals surface area contributed by atoms with E-state index in [2.05, 4.69) is 61.1 Å². The van der Waals surface area contributed by atoms with Crippen molar-refractivity contribution in [1.82, 2.24) is 4.90 Å². The van der Waals surface area contributed by atoms with Crippen molar-refractivity contribution in [3.8, 4) is 0 Å². The fraction of sp³-hybridized carbons (Fsp3) is 0.667. The summed E-state index contributed by atoms with van der Waals surface area (Å²) in [5.74, 6) is 0. The van der Waals surface area contributed by atoms with Gasteiger partial charge in [0.1, 0.15) is 0 Å². The van der Waals surface area contributed by atoms with Crippen LogP contribution in [0.25, 0.3) is 0 Å². The maximum absolute atomic E-state index is 12.7. The molecule has 2 heterocycles. The van der Waals surface area contributed by atoms with Gasteiger partial charge >= 0.3 is 6.18 Å². The summed E-state index contributed by atoms with van der Waals surface area (Å²) in [6, 6.07) is 15.2. The highest BCUT2D eigenvalue weighted by Crippen LogP contribution is 2.30. The molecule has 0 aliphatic carbocycles. The van der Waals surface area contributed by atoms with Crippen molar-refractivity contribution >= 4 is 43.8 Å². The molecule has 2 aromatic carbocycles. The predicted molar refractivity (Wildman–Crippen MR) is 192 cm³/mol. The number of halogens is 4. The largest absolute Gasteiger partial charge is 0.416 e. The topological polar surface area (TPSA) is 6.48 Å². The molecule has 0 N–H and O–H groups in total. The monoisotopic (exact) mass is 666 g/mol. The molecule has 44 heavy (non-hydrogen) atoms. The Kier molecular flexibility index (Phi) is 14.9. The molecule has 2 fully saturated rings. The van der Waals surface area contributed by atoms with Gasteiger partial charge in [0.15, 0.2) is 0 Å². The molecule has 0 amide bonds. The van der Waals surface area contributed by atoms with Gasteiger partial charge in [0.05, 0.1) is 32.4 Å². The van der Waals surface area contributed by atoms with Gasteiger partial charge in [0, 0.05) is 13.1 Å². The van der Waals surface area contributed by atoms with E-state index < -0.39 is 27.9 Å². The first-order chi connectivity index (χ1) is 20.8. The van der Waals surface area contributed by atoms with Gasteiger partial charge < -0.3 is 9.80 Å². The van der Waals surface area contributed by atoms with Crippen LogP contribution in [0.15, 0.2) is 42.5 Å². The molecule has 0 atom stereocenters. The lowest BCUT2D eigenvalue weighted by molar-refractivity contribution is -0.137. The molecule has 2 saturated heterocycles. The molecule has 2 aromatic rings. The molecular formula is C36H58ClF3N2Si2. The minimum absolute atomic E-state index is 0.544. The molecule has 0 unspecified atom stereocenters. The first kappa shape index (κ1) is 37.2. The second kappa shape index (κ2) is 17.6. The van der Waals surface area contributed by atoms with Crippen LogP contribution in [-0.4, -0.2) is 53.8 Å². The first-order valence-corrected chi connectivity index (χ1v) is 24.1. The predicted octanol–water partition coefficient (Wildman–Crippen LogP) is 10.3. The van der Waals surface area contributed by atoms with E-state index in [-0.39, 0.29) is 0 Å². The van der Waals surface area contributed by atoms with Gasteiger partial charge in [-0.1, -0.05) is 136 Å². The van der Waals surface area contributed by atoms with Crippen molar-refractivity contribution < 1.29 is 13.2 Å². The van der Waals surface area contributed by atoms with Crippen LogP contribution in [0.3, 0.4) is 0 Å². The Morgan fingerprint density at radius 3 is 1.82 bits per heavy atom. The molecule has 0 aromatic heterocycles. The quantitative estimate of drug-likeness (QED) is 0.155. The Labute approximate surface area is 273 Å². The molecular weight excluding hydrogens is 609 g/mol. The van der Waals surface area contributed by atoms with Crippen molar-refractivity contribution in [1.29, 1.82) is 0 Å². The van der Waals surface area contributed by atoms with Gasteiger partial charge in [-0.2, -0.15) is 13.2 Å². The van der Waals surface area contributed by atoms with Crippen molar-refractivity contribution in [3.05, 3.63) is 53.1 Å². The van der Waals surface area contributed by atoms with E-state index in [9.17, 15) is 13.2 Å². The first-order valence-electron chi connectivity index (χ1n) is 17.3. The Balaban J connectivity index is 0.000000244. The van der Waals surface area contributed by atoms with Crippen molar-refractivity contribution in [2.75, 3.05) is 37.6 Å². The molecule has 2 aliphatic heterocycles.